The predicted octanol–water partition coefficient (Wildman–Crippen LogP) is 4.35. The van der Waals surface area contributed by atoms with Crippen LogP contribution in [0.5, 0.6) is 0 Å². The number of rotatable bonds is 8. The van der Waals surface area contributed by atoms with Crippen molar-refractivity contribution in [1.29, 1.82) is 0 Å². The zero-order valence-corrected chi connectivity index (χ0v) is 20.7. The molecule has 196 valence electrons. The highest BCUT2D eigenvalue weighted by Crippen LogP contribution is 2.31. The summed E-state index contributed by atoms with van der Waals surface area (Å²) in [6, 6.07) is 13.0. The highest BCUT2D eigenvalue weighted by Gasteiger charge is 2.36. The third-order valence-corrected chi connectivity index (χ3v) is 6.46. The lowest BCUT2D eigenvalue weighted by Crippen LogP contribution is -2.47. The minimum Gasteiger partial charge on any atom is -0.458 e. The first-order valence-corrected chi connectivity index (χ1v) is 12.4. The fraction of sp³-hybridized carbons (Fsp3) is 0.296. The molecule has 0 bridgehead atoms. The number of halogens is 2. The van der Waals surface area contributed by atoms with Crippen molar-refractivity contribution in [2.75, 3.05) is 4.90 Å². The number of hydrogen-bond acceptors (Lipinski definition) is 6. The van der Waals surface area contributed by atoms with Gasteiger partial charge in [0.1, 0.15) is 30.0 Å². The molecule has 1 aliphatic carbocycles. The first kappa shape index (κ1) is 25.2. The van der Waals surface area contributed by atoms with Crippen LogP contribution in [0.2, 0.25) is 0 Å². The maximum absolute atomic E-state index is 15.1. The number of aryl methyl sites for hydroxylation is 1. The normalized spacial score (nSPS) is 14.4. The van der Waals surface area contributed by atoms with E-state index in [4.69, 9.17) is 4.42 Å². The Morgan fingerprint density at radius 2 is 1.82 bits per heavy atom. The van der Waals surface area contributed by atoms with Crippen LogP contribution in [0.25, 0.3) is 11.6 Å². The van der Waals surface area contributed by atoms with Crippen LogP contribution in [0.1, 0.15) is 43.0 Å². The summed E-state index contributed by atoms with van der Waals surface area (Å²) in [4.78, 5) is 29.6. The molecule has 0 spiro atoms. The smallest absolute Gasteiger partial charge is 0.251 e. The Hall–Kier alpha value is -4.41. The zero-order chi connectivity index (χ0) is 26.6. The number of nitrogens with one attached hydrogen (secondary N) is 1. The van der Waals surface area contributed by atoms with E-state index in [-0.39, 0.29) is 17.6 Å². The van der Waals surface area contributed by atoms with E-state index >= 15 is 4.39 Å². The Morgan fingerprint density at radius 3 is 2.50 bits per heavy atom. The van der Waals surface area contributed by atoms with Gasteiger partial charge in [-0.05, 0) is 66.9 Å². The van der Waals surface area contributed by atoms with Crippen molar-refractivity contribution in [2.45, 2.75) is 51.2 Å². The van der Waals surface area contributed by atoms with E-state index in [0.29, 0.717) is 17.1 Å². The second-order valence-corrected chi connectivity index (χ2v) is 9.21. The molecular formula is C27H26F2N6O3. The maximum Gasteiger partial charge on any atom is 0.251 e. The van der Waals surface area contributed by atoms with Crippen LogP contribution >= 0.6 is 0 Å². The molecule has 2 heterocycles. The van der Waals surface area contributed by atoms with E-state index in [0.717, 1.165) is 35.4 Å². The van der Waals surface area contributed by atoms with Crippen LogP contribution in [-0.2, 0) is 16.1 Å². The number of tetrazole rings is 1. The largest absolute Gasteiger partial charge is 0.458 e. The van der Waals surface area contributed by atoms with Gasteiger partial charge in [0, 0.05) is 6.04 Å². The molecule has 9 nitrogen and oxygen atoms in total. The van der Waals surface area contributed by atoms with Crippen LogP contribution in [0.4, 0.5) is 14.5 Å². The summed E-state index contributed by atoms with van der Waals surface area (Å²) in [5.74, 6) is -1.12. The number of carbonyl (C=O) groups excluding carboxylic acids is 2. The van der Waals surface area contributed by atoms with Crippen LogP contribution in [0, 0.1) is 18.6 Å². The minimum absolute atomic E-state index is 0.0562. The van der Waals surface area contributed by atoms with Crippen molar-refractivity contribution in [3.8, 4) is 11.6 Å². The standard InChI is InChI=1S/C27H26F2N6O3/c1-17-10-15-23(38-17)26-31-33-34(32-26)16-24(36)35(22-9-5-4-8-21(22)29)25(18-11-13-19(28)14-12-18)27(37)30-20-6-2-3-7-20/h4-5,8-15,20,25H,2-3,6-7,16H2,1H3,(H,30,37)/t25-/m0/s1. The van der Waals surface area contributed by atoms with Gasteiger partial charge in [-0.3, -0.25) is 14.5 Å². The molecule has 1 aliphatic rings. The van der Waals surface area contributed by atoms with Crippen molar-refractivity contribution in [1.82, 2.24) is 25.5 Å². The number of furan rings is 1. The van der Waals surface area contributed by atoms with Gasteiger partial charge in [-0.2, -0.15) is 4.80 Å². The van der Waals surface area contributed by atoms with Gasteiger partial charge < -0.3 is 9.73 Å². The molecule has 2 amide bonds. The van der Waals surface area contributed by atoms with Gasteiger partial charge in [0.2, 0.25) is 11.7 Å². The first-order chi connectivity index (χ1) is 18.4. The van der Waals surface area contributed by atoms with Gasteiger partial charge in [0.25, 0.3) is 5.91 Å². The van der Waals surface area contributed by atoms with E-state index in [1.165, 1.54) is 42.5 Å². The monoisotopic (exact) mass is 520 g/mol. The summed E-state index contributed by atoms with van der Waals surface area (Å²) in [6.07, 6.45) is 3.59. The molecule has 1 saturated carbocycles. The number of carbonyl (C=O) groups is 2. The lowest BCUT2D eigenvalue weighted by atomic mass is 10.0. The van der Waals surface area contributed by atoms with Gasteiger partial charge >= 0.3 is 0 Å². The number of aromatic nitrogens is 4. The van der Waals surface area contributed by atoms with E-state index in [1.807, 2.05) is 0 Å². The van der Waals surface area contributed by atoms with Crippen LogP contribution in [0.15, 0.2) is 65.1 Å². The first-order valence-electron chi connectivity index (χ1n) is 12.4. The Balaban J connectivity index is 1.52. The second kappa shape index (κ2) is 10.9. The molecule has 38 heavy (non-hydrogen) atoms. The minimum atomic E-state index is -1.27. The highest BCUT2D eigenvalue weighted by atomic mass is 19.1. The van der Waals surface area contributed by atoms with Crippen molar-refractivity contribution in [3.05, 3.63) is 83.6 Å². The Morgan fingerprint density at radius 1 is 1.08 bits per heavy atom. The Bertz CT molecular complexity index is 1430. The second-order valence-electron chi connectivity index (χ2n) is 9.21. The van der Waals surface area contributed by atoms with Gasteiger partial charge in [0.05, 0.1) is 5.69 Å². The number of benzene rings is 2. The maximum atomic E-state index is 15.1. The molecule has 2 aromatic heterocycles. The summed E-state index contributed by atoms with van der Waals surface area (Å²) in [7, 11) is 0. The highest BCUT2D eigenvalue weighted by molar-refractivity contribution is 6.01. The third kappa shape index (κ3) is 5.46. The molecule has 1 fully saturated rings. The molecule has 4 aromatic rings. The molecule has 2 aromatic carbocycles. The number of para-hydroxylation sites is 1. The summed E-state index contributed by atoms with van der Waals surface area (Å²) < 4.78 is 34.4. The van der Waals surface area contributed by atoms with Crippen molar-refractivity contribution < 1.29 is 22.8 Å². The fourth-order valence-electron chi connectivity index (χ4n) is 4.64. The van der Waals surface area contributed by atoms with Crippen molar-refractivity contribution >= 4 is 17.5 Å². The summed E-state index contributed by atoms with van der Waals surface area (Å²) >= 11 is 0. The molecule has 0 unspecified atom stereocenters. The molecule has 0 saturated heterocycles. The van der Waals surface area contributed by atoms with E-state index in [1.54, 1.807) is 25.1 Å². The topological polar surface area (TPSA) is 106 Å². The average molecular weight is 521 g/mol. The molecule has 1 atom stereocenters. The summed E-state index contributed by atoms with van der Waals surface area (Å²) in [6.45, 7) is 1.34. The number of nitrogens with zero attached hydrogens (tertiary/aromatic N) is 5. The van der Waals surface area contributed by atoms with Crippen LogP contribution in [-0.4, -0.2) is 38.1 Å². The molecule has 0 radical (unpaired) electrons. The average Bonchev–Trinajstić information content (AvgIpc) is 3.67. The quantitative estimate of drug-likeness (QED) is 0.370. The number of amides is 2. The van der Waals surface area contributed by atoms with Crippen LogP contribution < -0.4 is 10.2 Å². The summed E-state index contributed by atoms with van der Waals surface area (Å²) in [5.41, 5.74) is 0.229. The molecular weight excluding hydrogens is 494 g/mol. The van der Waals surface area contributed by atoms with Gasteiger partial charge in [-0.25, -0.2) is 8.78 Å². The SMILES string of the molecule is Cc1ccc(-c2nnn(CC(=O)N(c3ccccc3F)[C@H](C(=O)NC3CCCC3)c3ccc(F)cc3)n2)o1. The van der Waals surface area contributed by atoms with Gasteiger partial charge in [0.15, 0.2) is 5.76 Å². The van der Waals surface area contributed by atoms with E-state index in [9.17, 15) is 14.0 Å². The van der Waals surface area contributed by atoms with Gasteiger partial charge in [-0.15, -0.1) is 10.2 Å². The summed E-state index contributed by atoms with van der Waals surface area (Å²) in [5, 5.41) is 15.1. The van der Waals surface area contributed by atoms with Crippen molar-refractivity contribution in [2.24, 2.45) is 0 Å². The fourth-order valence-corrected chi connectivity index (χ4v) is 4.64. The molecule has 0 aliphatic heterocycles. The lowest BCUT2D eigenvalue weighted by Gasteiger charge is -2.32. The van der Waals surface area contributed by atoms with E-state index in [2.05, 4.69) is 20.7 Å². The van der Waals surface area contributed by atoms with Crippen LogP contribution in [0.3, 0.4) is 0 Å². The van der Waals surface area contributed by atoms with E-state index < -0.39 is 36.0 Å². The molecule has 5 rings (SSSR count). The lowest BCUT2D eigenvalue weighted by molar-refractivity contribution is -0.127. The van der Waals surface area contributed by atoms with Gasteiger partial charge in [-0.1, -0.05) is 37.1 Å². The molecule has 1 N–H and O–H groups in total. The zero-order valence-electron chi connectivity index (χ0n) is 20.7. The Labute approximate surface area is 217 Å². The van der Waals surface area contributed by atoms with Crippen molar-refractivity contribution in [3.63, 3.8) is 0 Å². The Kier molecular flexibility index (Phi) is 7.25. The predicted molar refractivity (Wildman–Crippen MR) is 134 cm³/mol. The third-order valence-electron chi connectivity index (χ3n) is 6.46. The molecule has 11 heteroatoms. The number of hydrogen-bond donors (Lipinski definition) is 1. The number of anilines is 1.